The minimum atomic E-state index is -0.518. The summed E-state index contributed by atoms with van der Waals surface area (Å²) in [5.41, 5.74) is 3.19. The number of pyridine rings is 1. The topological polar surface area (TPSA) is 134 Å². The maximum absolute atomic E-state index is 12.2. The molecule has 43 heavy (non-hydrogen) atoms. The predicted octanol–water partition coefficient (Wildman–Crippen LogP) is 5.01. The second-order valence-corrected chi connectivity index (χ2v) is 13.2. The lowest BCUT2D eigenvalue weighted by Crippen LogP contribution is -2.46. The number of anilines is 3. The van der Waals surface area contributed by atoms with Crippen LogP contribution in [0.5, 0.6) is 0 Å². The highest BCUT2D eigenvalue weighted by molar-refractivity contribution is 5.88. The fourth-order valence-electron chi connectivity index (χ4n) is 6.12. The van der Waals surface area contributed by atoms with Gasteiger partial charge in [0.1, 0.15) is 23.2 Å². The summed E-state index contributed by atoms with van der Waals surface area (Å²) in [7, 11) is 0. The molecule has 0 radical (unpaired) electrons. The zero-order valence-electron chi connectivity index (χ0n) is 25.6. The van der Waals surface area contributed by atoms with Gasteiger partial charge in [0, 0.05) is 32.8 Å². The lowest BCUT2D eigenvalue weighted by atomic mass is 9.80. The number of aromatic nitrogens is 5. The van der Waals surface area contributed by atoms with E-state index < -0.39 is 5.60 Å². The van der Waals surface area contributed by atoms with Crippen LogP contribution in [0.2, 0.25) is 0 Å². The molecule has 1 amide bonds. The van der Waals surface area contributed by atoms with Crippen molar-refractivity contribution in [3.05, 3.63) is 29.7 Å². The number of hydrogen-bond donors (Lipinski definition) is 1. The zero-order valence-corrected chi connectivity index (χ0v) is 25.6. The standard InChI is InChI=1S/C31H41N9O3/c1-30(2,3)43-29(41)34-20-31(4)12-15-38(16-13-31)24-19-33-26-27(36-24)40(25-9-5-6-17-42-25)37-28(26)39-14-7-8-22-23(39)11-10-21(18-32)35-22/h10-11,19,25H,5-9,12-17,20H2,1-4H3,(H,34,41). The molecule has 6 rings (SSSR count). The Labute approximate surface area is 252 Å². The van der Waals surface area contributed by atoms with Crippen molar-refractivity contribution >= 4 is 34.6 Å². The SMILES string of the molecule is CC1(CNC(=O)OC(C)(C)C)CCN(c2cnc3c(N4CCCc5nc(C#N)ccc54)nn(C4CCCCO4)c3n2)CC1. The molecular formula is C31H41N9O3. The van der Waals surface area contributed by atoms with E-state index in [0.29, 0.717) is 24.5 Å². The maximum atomic E-state index is 12.2. The first-order valence-corrected chi connectivity index (χ1v) is 15.4. The Morgan fingerprint density at radius 3 is 2.72 bits per heavy atom. The summed E-state index contributed by atoms with van der Waals surface area (Å²) in [5.74, 6) is 1.56. The number of aryl methyl sites for hydroxylation is 1. The molecule has 6 heterocycles. The smallest absolute Gasteiger partial charge is 0.407 e. The van der Waals surface area contributed by atoms with Crippen LogP contribution in [-0.2, 0) is 15.9 Å². The third-order valence-electron chi connectivity index (χ3n) is 8.56. The van der Waals surface area contributed by atoms with Crippen molar-refractivity contribution in [3.8, 4) is 6.07 Å². The highest BCUT2D eigenvalue weighted by atomic mass is 16.6. The van der Waals surface area contributed by atoms with Crippen LogP contribution in [0.3, 0.4) is 0 Å². The number of nitrogens with zero attached hydrogens (tertiary/aromatic N) is 8. The first-order chi connectivity index (χ1) is 20.6. The van der Waals surface area contributed by atoms with Crippen LogP contribution in [0.15, 0.2) is 18.3 Å². The number of hydrogen-bond acceptors (Lipinski definition) is 10. The normalized spacial score (nSPS) is 20.4. The Bertz CT molecular complexity index is 1530. The summed E-state index contributed by atoms with van der Waals surface area (Å²) < 4.78 is 13.5. The Balaban J connectivity index is 1.25. The average Bonchev–Trinajstić information content (AvgIpc) is 3.38. The van der Waals surface area contributed by atoms with Crippen LogP contribution in [0.4, 0.5) is 22.1 Å². The molecule has 3 aromatic heterocycles. The molecule has 0 spiro atoms. The highest BCUT2D eigenvalue weighted by Crippen LogP contribution is 2.38. The molecule has 12 nitrogen and oxygen atoms in total. The number of carbonyl (C=O) groups is 1. The number of nitrogens with one attached hydrogen (secondary N) is 1. The molecule has 1 N–H and O–H groups in total. The van der Waals surface area contributed by atoms with Gasteiger partial charge in [-0.3, -0.25) is 0 Å². The third kappa shape index (κ3) is 6.22. The first kappa shape index (κ1) is 29.1. The van der Waals surface area contributed by atoms with Gasteiger partial charge in [0.05, 0.1) is 17.6 Å². The quantitative estimate of drug-likeness (QED) is 0.434. The molecule has 1 atom stereocenters. The number of ether oxygens (including phenoxy) is 2. The van der Waals surface area contributed by atoms with Crippen molar-refractivity contribution in [1.82, 2.24) is 30.0 Å². The van der Waals surface area contributed by atoms with Gasteiger partial charge in [-0.05, 0) is 83.3 Å². The van der Waals surface area contributed by atoms with Gasteiger partial charge in [-0.25, -0.2) is 24.4 Å². The Morgan fingerprint density at radius 2 is 2.00 bits per heavy atom. The van der Waals surface area contributed by atoms with Crippen LogP contribution in [-0.4, -0.2) is 69.2 Å². The average molecular weight is 588 g/mol. The van der Waals surface area contributed by atoms with Gasteiger partial charge in [-0.1, -0.05) is 6.92 Å². The van der Waals surface area contributed by atoms with E-state index in [1.165, 1.54) is 0 Å². The van der Waals surface area contributed by atoms with Crippen LogP contribution >= 0.6 is 0 Å². The van der Waals surface area contributed by atoms with Crippen molar-refractivity contribution in [3.63, 3.8) is 0 Å². The Kier molecular flexibility index (Phi) is 7.85. The molecular weight excluding hydrogens is 546 g/mol. The van der Waals surface area contributed by atoms with Crippen molar-refractivity contribution in [2.24, 2.45) is 5.41 Å². The zero-order chi connectivity index (χ0) is 30.2. The lowest BCUT2D eigenvalue weighted by Gasteiger charge is -2.40. The van der Waals surface area contributed by atoms with Crippen LogP contribution in [0.25, 0.3) is 11.2 Å². The van der Waals surface area contributed by atoms with Gasteiger partial charge in [-0.15, -0.1) is 5.10 Å². The van der Waals surface area contributed by atoms with E-state index in [9.17, 15) is 10.1 Å². The molecule has 0 aromatic carbocycles. The van der Waals surface area contributed by atoms with Gasteiger partial charge in [0.2, 0.25) is 0 Å². The summed E-state index contributed by atoms with van der Waals surface area (Å²) in [5, 5.41) is 17.4. The number of rotatable bonds is 5. The van der Waals surface area contributed by atoms with Crippen LogP contribution in [0.1, 0.15) is 83.8 Å². The number of piperidine rings is 1. The van der Waals surface area contributed by atoms with E-state index >= 15 is 0 Å². The summed E-state index contributed by atoms with van der Waals surface area (Å²) in [6, 6.07) is 5.88. The van der Waals surface area contributed by atoms with Crippen LogP contribution in [0, 0.1) is 16.7 Å². The minimum absolute atomic E-state index is 0.0308. The van der Waals surface area contributed by atoms with Gasteiger partial charge < -0.3 is 24.6 Å². The lowest BCUT2D eigenvalue weighted by molar-refractivity contribution is -0.0368. The van der Waals surface area contributed by atoms with Gasteiger partial charge in [0.15, 0.2) is 23.2 Å². The fourth-order valence-corrected chi connectivity index (χ4v) is 6.12. The predicted molar refractivity (Wildman–Crippen MR) is 162 cm³/mol. The highest BCUT2D eigenvalue weighted by Gasteiger charge is 2.33. The molecule has 228 valence electrons. The van der Waals surface area contributed by atoms with Crippen molar-refractivity contribution < 1.29 is 14.3 Å². The molecule has 3 aromatic rings. The number of nitriles is 1. The summed E-state index contributed by atoms with van der Waals surface area (Å²) >= 11 is 0. The minimum Gasteiger partial charge on any atom is -0.444 e. The maximum Gasteiger partial charge on any atom is 0.407 e. The van der Waals surface area contributed by atoms with Crippen molar-refractivity contribution in [1.29, 1.82) is 5.26 Å². The first-order valence-electron chi connectivity index (χ1n) is 15.4. The molecule has 0 bridgehead atoms. The van der Waals surface area contributed by atoms with E-state index in [2.05, 4.69) is 33.1 Å². The Morgan fingerprint density at radius 1 is 1.19 bits per heavy atom. The van der Waals surface area contributed by atoms with E-state index in [4.69, 9.17) is 24.5 Å². The molecule has 2 saturated heterocycles. The molecule has 3 aliphatic rings. The number of amides is 1. The van der Waals surface area contributed by atoms with E-state index in [1.807, 2.05) is 37.7 Å². The number of alkyl carbamates (subject to hydrolysis) is 1. The number of fused-ring (bicyclic) bond motifs is 2. The molecule has 2 fully saturated rings. The second kappa shape index (κ2) is 11.6. The van der Waals surface area contributed by atoms with Gasteiger partial charge in [-0.2, -0.15) is 5.26 Å². The largest absolute Gasteiger partial charge is 0.444 e. The van der Waals surface area contributed by atoms with Gasteiger partial charge >= 0.3 is 6.09 Å². The summed E-state index contributed by atoms with van der Waals surface area (Å²) in [6.45, 7) is 11.5. The molecule has 1 unspecified atom stereocenters. The summed E-state index contributed by atoms with van der Waals surface area (Å²) in [4.78, 5) is 31.3. The van der Waals surface area contributed by atoms with Gasteiger partial charge in [0.25, 0.3) is 0 Å². The molecule has 3 aliphatic heterocycles. The van der Waals surface area contributed by atoms with Crippen LogP contribution < -0.4 is 15.1 Å². The summed E-state index contributed by atoms with van der Waals surface area (Å²) in [6.07, 6.45) is 7.81. The molecule has 12 heteroatoms. The fraction of sp³-hybridized carbons (Fsp3) is 0.613. The monoisotopic (exact) mass is 587 g/mol. The third-order valence-corrected chi connectivity index (χ3v) is 8.56. The second-order valence-electron chi connectivity index (χ2n) is 13.2. The van der Waals surface area contributed by atoms with E-state index in [0.717, 1.165) is 93.1 Å². The van der Waals surface area contributed by atoms with E-state index in [1.54, 1.807) is 6.07 Å². The number of carbonyl (C=O) groups excluding carboxylic acids is 1. The van der Waals surface area contributed by atoms with Crippen molar-refractivity contribution in [2.75, 3.05) is 42.6 Å². The van der Waals surface area contributed by atoms with Crippen molar-refractivity contribution in [2.45, 2.75) is 84.5 Å². The Hall–Kier alpha value is -3.98. The van der Waals surface area contributed by atoms with E-state index in [-0.39, 0.29) is 17.7 Å². The molecule has 0 aliphatic carbocycles. The molecule has 0 saturated carbocycles.